The van der Waals surface area contributed by atoms with E-state index in [-0.39, 0.29) is 0 Å². The Hall–Kier alpha value is -1.55. The largest absolute Gasteiger partial charge is 0.400 e. The van der Waals surface area contributed by atoms with Crippen LogP contribution in [0.15, 0.2) is 35.1 Å². The van der Waals surface area contributed by atoms with E-state index in [1.807, 2.05) is 18.2 Å². The average Bonchev–Trinajstić information content (AvgIpc) is 2.87. The molecule has 2 aliphatic heterocycles. The van der Waals surface area contributed by atoms with Crippen LogP contribution in [0.25, 0.3) is 0 Å². The minimum absolute atomic E-state index is 0.546. The molecule has 1 saturated heterocycles. The van der Waals surface area contributed by atoms with Gasteiger partial charge in [-0.1, -0.05) is 11.6 Å². The highest BCUT2D eigenvalue weighted by Gasteiger charge is 2.24. The molecule has 0 saturated carbocycles. The molecule has 1 aromatic heterocycles. The summed E-state index contributed by atoms with van der Waals surface area (Å²) in [5, 5.41) is 0.680. The molecule has 3 heterocycles. The monoisotopic (exact) mass is 276 g/mol. The highest BCUT2D eigenvalue weighted by Crippen LogP contribution is 2.25. The SMILES string of the molecule is NC1=CC(C2CCN(c3ccc(Cl)cn3)CC2)=NC1. The van der Waals surface area contributed by atoms with Crippen LogP contribution in [-0.2, 0) is 0 Å². The summed E-state index contributed by atoms with van der Waals surface area (Å²) in [5.41, 5.74) is 7.85. The van der Waals surface area contributed by atoms with Crippen molar-refractivity contribution in [1.29, 1.82) is 0 Å². The molecule has 0 spiro atoms. The molecular formula is C14H17ClN4. The zero-order valence-corrected chi connectivity index (χ0v) is 11.5. The summed E-state index contributed by atoms with van der Waals surface area (Å²) >= 11 is 5.86. The molecule has 4 nitrogen and oxygen atoms in total. The van der Waals surface area contributed by atoms with E-state index in [4.69, 9.17) is 17.3 Å². The molecule has 0 radical (unpaired) electrons. The highest BCUT2D eigenvalue weighted by atomic mass is 35.5. The number of aromatic nitrogens is 1. The Bertz CT molecular complexity index is 513. The van der Waals surface area contributed by atoms with Crippen molar-refractivity contribution in [2.45, 2.75) is 12.8 Å². The van der Waals surface area contributed by atoms with E-state index in [1.165, 1.54) is 5.71 Å². The van der Waals surface area contributed by atoms with Crippen molar-refractivity contribution >= 4 is 23.1 Å². The van der Waals surface area contributed by atoms with Crippen molar-refractivity contribution in [2.24, 2.45) is 16.6 Å². The van der Waals surface area contributed by atoms with Crippen molar-refractivity contribution in [1.82, 2.24) is 4.98 Å². The summed E-state index contributed by atoms with van der Waals surface area (Å²) in [6, 6.07) is 3.87. The molecule has 0 aliphatic carbocycles. The molecule has 1 fully saturated rings. The second-order valence-corrected chi connectivity index (χ2v) is 5.49. The van der Waals surface area contributed by atoms with Crippen LogP contribution in [0, 0.1) is 5.92 Å². The number of anilines is 1. The number of piperidine rings is 1. The van der Waals surface area contributed by atoms with Crippen LogP contribution in [0.2, 0.25) is 5.02 Å². The van der Waals surface area contributed by atoms with Gasteiger partial charge in [-0.3, -0.25) is 4.99 Å². The lowest BCUT2D eigenvalue weighted by Gasteiger charge is -2.32. The predicted octanol–water partition coefficient (Wildman–Crippen LogP) is 2.25. The van der Waals surface area contributed by atoms with E-state index in [9.17, 15) is 0 Å². The molecule has 0 bridgehead atoms. The van der Waals surface area contributed by atoms with Gasteiger partial charge >= 0.3 is 0 Å². The first-order valence-corrected chi connectivity index (χ1v) is 6.97. The van der Waals surface area contributed by atoms with E-state index in [2.05, 4.69) is 14.9 Å². The quantitative estimate of drug-likeness (QED) is 0.901. The van der Waals surface area contributed by atoms with Gasteiger partial charge in [0.15, 0.2) is 0 Å². The molecule has 2 aliphatic rings. The summed E-state index contributed by atoms with van der Waals surface area (Å²) in [4.78, 5) is 11.2. The fourth-order valence-electron chi connectivity index (χ4n) is 2.67. The van der Waals surface area contributed by atoms with Gasteiger partial charge in [-0.2, -0.15) is 0 Å². The third-order valence-electron chi connectivity index (χ3n) is 3.73. The Morgan fingerprint density at radius 1 is 1.26 bits per heavy atom. The average molecular weight is 277 g/mol. The number of allylic oxidation sites excluding steroid dienone is 1. The fraction of sp³-hybridized carbons (Fsp3) is 0.429. The van der Waals surface area contributed by atoms with E-state index >= 15 is 0 Å². The maximum absolute atomic E-state index is 5.86. The molecule has 0 atom stereocenters. The third kappa shape index (κ3) is 2.73. The molecule has 19 heavy (non-hydrogen) atoms. The van der Waals surface area contributed by atoms with Crippen LogP contribution in [0.4, 0.5) is 5.82 Å². The first-order chi connectivity index (χ1) is 9.22. The van der Waals surface area contributed by atoms with E-state index in [0.717, 1.165) is 37.4 Å². The number of hydrogen-bond acceptors (Lipinski definition) is 4. The Kier molecular flexibility index (Phi) is 3.42. The second-order valence-electron chi connectivity index (χ2n) is 5.06. The van der Waals surface area contributed by atoms with Crippen LogP contribution in [0.3, 0.4) is 0 Å². The van der Waals surface area contributed by atoms with Gasteiger partial charge in [-0.15, -0.1) is 0 Å². The van der Waals surface area contributed by atoms with Gasteiger partial charge in [-0.05, 0) is 31.1 Å². The lowest BCUT2D eigenvalue weighted by Crippen LogP contribution is -2.36. The van der Waals surface area contributed by atoms with E-state index in [1.54, 1.807) is 6.20 Å². The van der Waals surface area contributed by atoms with Gasteiger partial charge in [0.05, 0.1) is 11.6 Å². The minimum Gasteiger partial charge on any atom is -0.400 e. The molecule has 3 rings (SSSR count). The van der Waals surface area contributed by atoms with Crippen molar-refractivity contribution in [3.8, 4) is 0 Å². The Morgan fingerprint density at radius 3 is 2.63 bits per heavy atom. The van der Waals surface area contributed by atoms with Gasteiger partial charge in [0.25, 0.3) is 0 Å². The molecule has 100 valence electrons. The molecule has 2 N–H and O–H groups in total. The summed E-state index contributed by atoms with van der Waals surface area (Å²) in [6.07, 6.45) is 5.95. The number of hydrogen-bond donors (Lipinski definition) is 1. The highest BCUT2D eigenvalue weighted by molar-refractivity contribution is 6.30. The van der Waals surface area contributed by atoms with Crippen LogP contribution in [-0.4, -0.2) is 30.3 Å². The molecule has 0 amide bonds. The van der Waals surface area contributed by atoms with Gasteiger partial charge in [0, 0.05) is 36.6 Å². The third-order valence-corrected chi connectivity index (χ3v) is 3.95. The molecule has 0 aromatic carbocycles. The van der Waals surface area contributed by atoms with Gasteiger partial charge in [0.2, 0.25) is 0 Å². The van der Waals surface area contributed by atoms with Crippen molar-refractivity contribution < 1.29 is 0 Å². The molecule has 1 aromatic rings. The van der Waals surface area contributed by atoms with Crippen molar-refractivity contribution in [3.63, 3.8) is 0 Å². The van der Waals surface area contributed by atoms with Crippen molar-refractivity contribution in [3.05, 3.63) is 35.1 Å². The van der Waals surface area contributed by atoms with Gasteiger partial charge in [-0.25, -0.2) is 4.98 Å². The van der Waals surface area contributed by atoms with Crippen LogP contribution in [0.1, 0.15) is 12.8 Å². The lowest BCUT2D eigenvalue weighted by molar-refractivity contribution is 0.501. The smallest absolute Gasteiger partial charge is 0.128 e. The van der Waals surface area contributed by atoms with Gasteiger partial charge in [0.1, 0.15) is 5.82 Å². The zero-order valence-electron chi connectivity index (χ0n) is 10.7. The Labute approximate surface area is 118 Å². The zero-order chi connectivity index (χ0) is 13.2. The number of nitrogens with zero attached hydrogens (tertiary/aromatic N) is 3. The van der Waals surface area contributed by atoms with E-state index in [0.29, 0.717) is 17.5 Å². The number of rotatable bonds is 2. The first-order valence-electron chi connectivity index (χ1n) is 6.59. The molecular weight excluding hydrogens is 260 g/mol. The standard InChI is InChI=1S/C14H17ClN4/c15-11-1-2-14(18-8-11)19-5-3-10(4-6-19)13-7-12(16)9-17-13/h1-2,7-8,10H,3-6,9,16H2. The van der Waals surface area contributed by atoms with Crippen LogP contribution in [0.5, 0.6) is 0 Å². The maximum atomic E-state index is 5.86. The summed E-state index contributed by atoms with van der Waals surface area (Å²) in [6.45, 7) is 2.69. The molecule has 5 heteroatoms. The number of aliphatic imine (C=N–C) groups is 1. The number of halogens is 1. The predicted molar refractivity (Wildman–Crippen MR) is 78.8 cm³/mol. The fourth-order valence-corrected chi connectivity index (χ4v) is 2.78. The number of pyridine rings is 1. The van der Waals surface area contributed by atoms with Crippen LogP contribution >= 0.6 is 11.6 Å². The topological polar surface area (TPSA) is 54.5 Å². The normalized spacial score (nSPS) is 20.4. The summed E-state index contributed by atoms with van der Waals surface area (Å²) < 4.78 is 0. The minimum atomic E-state index is 0.546. The summed E-state index contributed by atoms with van der Waals surface area (Å²) in [7, 11) is 0. The van der Waals surface area contributed by atoms with E-state index < -0.39 is 0 Å². The summed E-state index contributed by atoms with van der Waals surface area (Å²) in [5.74, 6) is 1.55. The Balaban J connectivity index is 1.62. The number of nitrogens with two attached hydrogens (primary N) is 1. The Morgan fingerprint density at radius 2 is 2.05 bits per heavy atom. The lowest BCUT2D eigenvalue weighted by atomic mass is 9.92. The van der Waals surface area contributed by atoms with Crippen LogP contribution < -0.4 is 10.6 Å². The van der Waals surface area contributed by atoms with Gasteiger partial charge < -0.3 is 10.6 Å². The second kappa shape index (κ2) is 5.21. The first kappa shape index (κ1) is 12.5. The van der Waals surface area contributed by atoms with Crippen molar-refractivity contribution in [2.75, 3.05) is 24.5 Å². The maximum Gasteiger partial charge on any atom is 0.128 e. The molecule has 0 unspecified atom stereocenters.